The third kappa shape index (κ3) is 4.56. The number of H-pyrrole nitrogens is 1. The van der Waals surface area contributed by atoms with Crippen molar-refractivity contribution in [3.63, 3.8) is 0 Å². The fourth-order valence-electron chi connectivity index (χ4n) is 4.58. The van der Waals surface area contributed by atoms with Crippen molar-refractivity contribution in [2.45, 2.75) is 60.9 Å². The molecule has 1 saturated carbocycles. The van der Waals surface area contributed by atoms with E-state index in [1.54, 1.807) is 5.10 Å². The zero-order chi connectivity index (χ0) is 27.8. The number of hydrogen-bond donors (Lipinski definition) is 1. The number of carbonyl (C=O) groups excluding carboxylic acids is 1. The molecule has 1 saturated heterocycles. The van der Waals surface area contributed by atoms with Gasteiger partial charge in [-0.25, -0.2) is 8.42 Å². The molecule has 6 nitrogen and oxygen atoms in total. The molecule has 0 spiro atoms. The number of aromatic nitrogens is 2. The minimum atomic E-state index is -5.31. The Labute approximate surface area is 203 Å². The normalized spacial score (nSPS) is 22.4. The fourth-order valence-corrected chi connectivity index (χ4v) is 6.56. The van der Waals surface area contributed by atoms with Gasteiger partial charge in [-0.2, -0.15) is 44.6 Å². The largest absolute Gasteiger partial charge is 0.433 e. The number of amides is 1. The predicted octanol–water partition coefficient (Wildman–Crippen LogP) is 5.22. The predicted molar refractivity (Wildman–Crippen MR) is 109 cm³/mol. The highest BCUT2D eigenvalue weighted by Crippen LogP contribution is 2.59. The van der Waals surface area contributed by atoms with E-state index in [1.165, 1.54) is 6.92 Å². The van der Waals surface area contributed by atoms with E-state index in [1.807, 2.05) is 0 Å². The Morgan fingerprint density at radius 2 is 1.68 bits per heavy atom. The number of halogens is 9. The van der Waals surface area contributed by atoms with Gasteiger partial charge in [-0.3, -0.25) is 9.89 Å². The lowest BCUT2D eigenvalue weighted by Crippen LogP contribution is -2.46. The van der Waals surface area contributed by atoms with Gasteiger partial charge in [0.15, 0.2) is 9.84 Å². The van der Waals surface area contributed by atoms with Crippen molar-refractivity contribution in [2.75, 3.05) is 6.54 Å². The molecule has 0 radical (unpaired) electrons. The third-order valence-corrected chi connectivity index (χ3v) is 8.95. The van der Waals surface area contributed by atoms with Gasteiger partial charge in [0.2, 0.25) is 5.91 Å². The van der Waals surface area contributed by atoms with Gasteiger partial charge in [-0.1, -0.05) is 6.07 Å². The van der Waals surface area contributed by atoms with Crippen molar-refractivity contribution in [3.05, 3.63) is 35.7 Å². The summed E-state index contributed by atoms with van der Waals surface area (Å²) in [5.41, 5.74) is -7.15. The molecular formula is C21H18F9N3O3S. The molecule has 1 unspecified atom stereocenters. The van der Waals surface area contributed by atoms with Crippen LogP contribution in [0.1, 0.15) is 37.4 Å². The monoisotopic (exact) mass is 563 g/mol. The molecule has 1 aromatic heterocycles. The molecule has 1 aliphatic heterocycles. The summed E-state index contributed by atoms with van der Waals surface area (Å²) in [6.45, 7) is 0.546. The summed E-state index contributed by atoms with van der Waals surface area (Å²) in [4.78, 5) is 12.1. The molecule has 0 bridgehead atoms. The highest BCUT2D eigenvalue weighted by molar-refractivity contribution is 7.92. The van der Waals surface area contributed by atoms with Crippen LogP contribution in [0.2, 0.25) is 0 Å². The number of carbonyl (C=O) groups is 1. The van der Waals surface area contributed by atoms with Crippen LogP contribution in [-0.2, 0) is 27.0 Å². The molecule has 16 heteroatoms. The fraction of sp³-hybridized carbons (Fsp3) is 0.524. The van der Waals surface area contributed by atoms with E-state index in [0.717, 1.165) is 11.0 Å². The van der Waals surface area contributed by atoms with Gasteiger partial charge in [0.25, 0.3) is 0 Å². The Kier molecular flexibility index (Phi) is 6.16. The van der Waals surface area contributed by atoms with Crippen molar-refractivity contribution < 1.29 is 52.7 Å². The third-order valence-electron chi connectivity index (χ3n) is 6.76. The maximum atomic E-state index is 13.9. The average molecular weight is 563 g/mol. The molecule has 2 atom stereocenters. The second kappa shape index (κ2) is 8.36. The Bertz CT molecular complexity index is 1330. The lowest BCUT2D eigenvalue weighted by atomic mass is 10.0. The number of hydrogen-bond acceptors (Lipinski definition) is 4. The number of benzene rings is 1. The quantitative estimate of drug-likeness (QED) is 0.518. The number of rotatable bonds is 4. The first-order chi connectivity index (χ1) is 16.8. The number of sulfone groups is 1. The van der Waals surface area contributed by atoms with E-state index >= 15 is 0 Å². The van der Waals surface area contributed by atoms with Crippen LogP contribution in [0.15, 0.2) is 29.3 Å². The van der Waals surface area contributed by atoms with Gasteiger partial charge in [-0.15, -0.1) is 0 Å². The Balaban J connectivity index is 1.71. The van der Waals surface area contributed by atoms with Crippen LogP contribution in [0.25, 0.3) is 11.1 Å². The Hall–Kier alpha value is -2.78. The van der Waals surface area contributed by atoms with Crippen molar-refractivity contribution in [1.82, 2.24) is 15.1 Å². The standard InChI is InChI=1S/C21H18F9N3O3S/c1-10-6-12(9-33(10)17(34)18(4-5-18)21(28,29)30)37(35,36)15-3-2-11(7-14(15)19(22,23)24)13-8-31-32-16(13)20(25,26)27/h2-3,7-8,10,12H,4-6,9H2,1H3,(H,31,32)/t10-,12?/m1/s1. The molecule has 1 aliphatic carbocycles. The van der Waals surface area contributed by atoms with Crippen LogP contribution in [0.4, 0.5) is 39.5 Å². The number of alkyl halides is 9. The highest BCUT2D eigenvalue weighted by atomic mass is 32.2. The maximum Gasteiger partial charge on any atom is 0.433 e. The van der Waals surface area contributed by atoms with E-state index in [9.17, 15) is 52.7 Å². The molecule has 204 valence electrons. The first kappa shape index (κ1) is 27.3. The van der Waals surface area contributed by atoms with Crippen LogP contribution in [-0.4, -0.2) is 53.4 Å². The van der Waals surface area contributed by atoms with Crippen molar-refractivity contribution in [2.24, 2.45) is 5.41 Å². The minimum Gasteiger partial charge on any atom is -0.338 e. The Morgan fingerprint density at radius 3 is 2.19 bits per heavy atom. The Morgan fingerprint density at radius 1 is 1.05 bits per heavy atom. The first-order valence-corrected chi connectivity index (χ1v) is 12.3. The SMILES string of the molecule is C[C@@H]1CC(S(=O)(=O)c2ccc(-c3cn[nH]c3C(F)(F)F)cc2C(F)(F)F)CN1C(=O)C1(C(F)(F)F)CC1. The van der Waals surface area contributed by atoms with E-state index in [-0.39, 0.29) is 6.07 Å². The number of nitrogens with zero attached hydrogens (tertiary/aromatic N) is 2. The lowest BCUT2D eigenvalue weighted by molar-refractivity contribution is -0.198. The summed E-state index contributed by atoms with van der Waals surface area (Å²) >= 11 is 0. The molecule has 4 rings (SSSR count). The smallest absolute Gasteiger partial charge is 0.338 e. The number of nitrogens with one attached hydrogen (secondary N) is 1. The molecule has 2 fully saturated rings. The summed E-state index contributed by atoms with van der Waals surface area (Å²) in [5, 5.41) is 3.20. The van der Waals surface area contributed by atoms with Crippen LogP contribution in [0.5, 0.6) is 0 Å². The lowest BCUT2D eigenvalue weighted by Gasteiger charge is -2.28. The van der Waals surface area contributed by atoms with Gasteiger partial charge >= 0.3 is 18.5 Å². The zero-order valence-electron chi connectivity index (χ0n) is 18.7. The van der Waals surface area contributed by atoms with Gasteiger partial charge in [0.05, 0.1) is 21.9 Å². The van der Waals surface area contributed by atoms with Crippen LogP contribution in [0.3, 0.4) is 0 Å². The van der Waals surface area contributed by atoms with E-state index in [2.05, 4.69) is 5.10 Å². The topological polar surface area (TPSA) is 83.1 Å². The molecule has 1 N–H and O–H groups in total. The molecule has 2 aromatic rings. The van der Waals surface area contributed by atoms with Gasteiger partial charge < -0.3 is 4.90 Å². The average Bonchev–Trinajstić information content (AvgIpc) is 3.26. The second-order valence-corrected chi connectivity index (χ2v) is 11.4. The van der Waals surface area contributed by atoms with Crippen LogP contribution >= 0.6 is 0 Å². The molecule has 2 heterocycles. The summed E-state index contributed by atoms with van der Waals surface area (Å²) in [7, 11) is -4.88. The molecule has 1 amide bonds. The minimum absolute atomic E-state index is 0.247. The zero-order valence-corrected chi connectivity index (χ0v) is 19.5. The van der Waals surface area contributed by atoms with E-state index < -0.39 is 104 Å². The molecular weight excluding hydrogens is 545 g/mol. The number of aromatic amines is 1. The van der Waals surface area contributed by atoms with Gasteiger partial charge in [0, 0.05) is 18.2 Å². The van der Waals surface area contributed by atoms with E-state index in [4.69, 9.17) is 0 Å². The summed E-state index contributed by atoms with van der Waals surface area (Å²) < 4.78 is 148. The molecule has 2 aliphatic rings. The van der Waals surface area contributed by atoms with Crippen molar-refractivity contribution in [3.8, 4) is 11.1 Å². The summed E-state index contributed by atoms with van der Waals surface area (Å²) in [6, 6.07) is 0.512. The second-order valence-electron chi connectivity index (χ2n) is 9.15. The first-order valence-electron chi connectivity index (χ1n) is 10.7. The highest BCUT2D eigenvalue weighted by Gasteiger charge is 2.70. The van der Waals surface area contributed by atoms with Crippen molar-refractivity contribution >= 4 is 15.7 Å². The van der Waals surface area contributed by atoms with Gasteiger partial charge in [-0.05, 0) is 43.9 Å². The number of likely N-dealkylation sites (tertiary alicyclic amines) is 1. The van der Waals surface area contributed by atoms with Crippen LogP contribution < -0.4 is 0 Å². The van der Waals surface area contributed by atoms with Crippen LogP contribution in [0, 0.1) is 5.41 Å². The maximum absolute atomic E-state index is 13.9. The summed E-state index contributed by atoms with van der Waals surface area (Å²) in [6.07, 6.45) is -15.9. The van der Waals surface area contributed by atoms with Gasteiger partial charge in [0.1, 0.15) is 11.1 Å². The molecule has 37 heavy (non-hydrogen) atoms. The summed E-state index contributed by atoms with van der Waals surface area (Å²) in [5.74, 6) is -1.32. The van der Waals surface area contributed by atoms with E-state index in [0.29, 0.717) is 12.3 Å². The van der Waals surface area contributed by atoms with Crippen molar-refractivity contribution in [1.29, 1.82) is 0 Å². The molecule has 1 aromatic carbocycles.